The highest BCUT2D eigenvalue weighted by molar-refractivity contribution is 7.92. The standard InChI is InChI=1S/C26H22FN3O4S/c27-21-8-14-24(15-9-21)35(33,34)29-23-12-4-19(5-13-23)17-25(31)28-22-10-6-20(7-11-22)18-30-16-2-1-3-26(30)32/h1-16,29H,17-18H2,(H,28,31). The van der Waals surface area contributed by atoms with Crippen molar-refractivity contribution >= 4 is 27.3 Å². The average Bonchev–Trinajstić information content (AvgIpc) is 2.83. The highest BCUT2D eigenvalue weighted by Gasteiger charge is 2.14. The quantitative estimate of drug-likeness (QED) is 0.389. The van der Waals surface area contributed by atoms with Crippen molar-refractivity contribution in [2.24, 2.45) is 0 Å². The van der Waals surface area contributed by atoms with Gasteiger partial charge in [0.2, 0.25) is 5.91 Å². The summed E-state index contributed by atoms with van der Waals surface area (Å²) in [6, 6.07) is 23.2. The Morgan fingerprint density at radius 3 is 2.09 bits per heavy atom. The number of carbonyl (C=O) groups excluding carboxylic acids is 1. The van der Waals surface area contributed by atoms with Crippen molar-refractivity contribution in [1.29, 1.82) is 0 Å². The molecule has 0 saturated heterocycles. The van der Waals surface area contributed by atoms with Crippen molar-refractivity contribution in [3.63, 3.8) is 0 Å². The third kappa shape index (κ3) is 6.42. The van der Waals surface area contributed by atoms with Gasteiger partial charge in [-0.15, -0.1) is 0 Å². The van der Waals surface area contributed by atoms with E-state index in [1.807, 2.05) is 12.1 Å². The van der Waals surface area contributed by atoms with Crippen LogP contribution in [0, 0.1) is 5.82 Å². The van der Waals surface area contributed by atoms with Crippen LogP contribution in [0.5, 0.6) is 0 Å². The van der Waals surface area contributed by atoms with E-state index in [0.29, 0.717) is 23.5 Å². The first-order chi connectivity index (χ1) is 16.8. The second-order valence-electron chi connectivity index (χ2n) is 7.84. The molecule has 0 saturated carbocycles. The van der Waals surface area contributed by atoms with E-state index >= 15 is 0 Å². The summed E-state index contributed by atoms with van der Waals surface area (Å²) < 4.78 is 41.9. The number of amides is 1. The first-order valence-corrected chi connectivity index (χ1v) is 12.2. The highest BCUT2D eigenvalue weighted by Crippen LogP contribution is 2.18. The van der Waals surface area contributed by atoms with E-state index in [-0.39, 0.29) is 22.8 Å². The fourth-order valence-corrected chi connectivity index (χ4v) is 4.45. The van der Waals surface area contributed by atoms with E-state index in [1.165, 1.54) is 18.2 Å². The van der Waals surface area contributed by atoms with Crippen molar-refractivity contribution in [2.45, 2.75) is 17.9 Å². The first-order valence-electron chi connectivity index (χ1n) is 10.7. The second kappa shape index (κ2) is 10.4. The second-order valence-corrected chi connectivity index (χ2v) is 9.53. The van der Waals surface area contributed by atoms with Crippen LogP contribution in [0.4, 0.5) is 15.8 Å². The number of nitrogens with one attached hydrogen (secondary N) is 2. The lowest BCUT2D eigenvalue weighted by Crippen LogP contribution is -2.18. The van der Waals surface area contributed by atoms with E-state index < -0.39 is 15.8 Å². The summed E-state index contributed by atoms with van der Waals surface area (Å²) in [5.74, 6) is -0.747. The first kappa shape index (κ1) is 23.9. The molecule has 9 heteroatoms. The van der Waals surface area contributed by atoms with Crippen molar-refractivity contribution in [3.05, 3.63) is 124 Å². The summed E-state index contributed by atoms with van der Waals surface area (Å²) in [6.45, 7) is 0.436. The molecular formula is C26H22FN3O4S. The molecule has 35 heavy (non-hydrogen) atoms. The molecule has 4 aromatic rings. The summed E-state index contributed by atoms with van der Waals surface area (Å²) in [7, 11) is -3.85. The minimum Gasteiger partial charge on any atom is -0.326 e. The van der Waals surface area contributed by atoms with Gasteiger partial charge in [0.1, 0.15) is 5.82 Å². The molecule has 178 valence electrons. The van der Waals surface area contributed by atoms with E-state index in [0.717, 1.165) is 17.7 Å². The van der Waals surface area contributed by atoms with Crippen molar-refractivity contribution in [3.8, 4) is 0 Å². The van der Waals surface area contributed by atoms with Crippen LogP contribution in [-0.2, 0) is 27.8 Å². The fraction of sp³-hybridized carbons (Fsp3) is 0.0769. The lowest BCUT2D eigenvalue weighted by atomic mass is 10.1. The predicted molar refractivity (Wildman–Crippen MR) is 132 cm³/mol. The molecule has 3 aromatic carbocycles. The lowest BCUT2D eigenvalue weighted by molar-refractivity contribution is -0.115. The number of benzene rings is 3. The molecule has 1 heterocycles. The smallest absolute Gasteiger partial charge is 0.261 e. The average molecular weight is 492 g/mol. The number of hydrogen-bond donors (Lipinski definition) is 2. The number of sulfonamides is 1. The van der Waals surface area contributed by atoms with Crippen LogP contribution < -0.4 is 15.6 Å². The maximum Gasteiger partial charge on any atom is 0.261 e. The maximum absolute atomic E-state index is 13.0. The number of hydrogen-bond acceptors (Lipinski definition) is 4. The Balaban J connectivity index is 1.32. The SMILES string of the molecule is O=C(Cc1ccc(NS(=O)(=O)c2ccc(F)cc2)cc1)Nc1ccc(Cn2ccccc2=O)cc1. The number of aromatic nitrogens is 1. The van der Waals surface area contributed by atoms with Crippen LogP contribution in [0.1, 0.15) is 11.1 Å². The molecule has 0 radical (unpaired) electrons. The van der Waals surface area contributed by atoms with Gasteiger partial charge >= 0.3 is 0 Å². The van der Waals surface area contributed by atoms with Crippen molar-refractivity contribution in [1.82, 2.24) is 4.57 Å². The van der Waals surface area contributed by atoms with Crippen LogP contribution in [0.2, 0.25) is 0 Å². The monoisotopic (exact) mass is 491 g/mol. The Labute approximate surface area is 201 Å². The van der Waals surface area contributed by atoms with Gasteiger partial charge in [0.05, 0.1) is 17.9 Å². The normalized spacial score (nSPS) is 11.1. The third-order valence-corrected chi connectivity index (χ3v) is 6.58. The van der Waals surface area contributed by atoms with E-state index in [1.54, 1.807) is 59.3 Å². The molecule has 2 N–H and O–H groups in total. The molecule has 1 aromatic heterocycles. The van der Waals surface area contributed by atoms with Crippen LogP contribution >= 0.6 is 0 Å². The number of halogens is 1. The topological polar surface area (TPSA) is 97.3 Å². The van der Waals surface area contributed by atoms with Crippen molar-refractivity contribution in [2.75, 3.05) is 10.0 Å². The van der Waals surface area contributed by atoms with E-state index in [2.05, 4.69) is 10.0 Å². The van der Waals surface area contributed by atoms with Gasteiger partial charge < -0.3 is 9.88 Å². The molecular weight excluding hydrogens is 469 g/mol. The minimum absolute atomic E-state index is 0.0517. The third-order valence-electron chi connectivity index (χ3n) is 5.18. The fourth-order valence-electron chi connectivity index (χ4n) is 3.39. The summed E-state index contributed by atoms with van der Waals surface area (Å²) in [5.41, 5.74) is 2.50. The van der Waals surface area contributed by atoms with E-state index in [9.17, 15) is 22.4 Å². The zero-order valence-electron chi connectivity index (χ0n) is 18.5. The van der Waals surface area contributed by atoms with Crippen LogP contribution in [0.3, 0.4) is 0 Å². The lowest BCUT2D eigenvalue weighted by Gasteiger charge is -2.10. The molecule has 7 nitrogen and oxygen atoms in total. The zero-order chi connectivity index (χ0) is 24.8. The Morgan fingerprint density at radius 2 is 1.43 bits per heavy atom. The van der Waals surface area contributed by atoms with Gasteiger partial charge in [-0.05, 0) is 65.7 Å². The number of rotatable bonds is 8. The molecule has 0 fully saturated rings. The molecule has 0 unspecified atom stereocenters. The molecule has 0 spiro atoms. The maximum atomic E-state index is 13.0. The molecule has 0 atom stereocenters. The number of pyridine rings is 1. The Bertz CT molecular complexity index is 1480. The Morgan fingerprint density at radius 1 is 0.800 bits per heavy atom. The molecule has 0 aliphatic heterocycles. The van der Waals surface area contributed by atoms with Gasteiger partial charge in [0.25, 0.3) is 15.6 Å². The van der Waals surface area contributed by atoms with Crippen LogP contribution in [-0.4, -0.2) is 18.9 Å². The van der Waals surface area contributed by atoms with Crippen LogP contribution in [0.15, 0.2) is 107 Å². The molecule has 0 bridgehead atoms. The van der Waals surface area contributed by atoms with Gasteiger partial charge in [-0.25, -0.2) is 12.8 Å². The molecule has 0 aliphatic carbocycles. The summed E-state index contributed by atoms with van der Waals surface area (Å²) >= 11 is 0. The number of carbonyl (C=O) groups is 1. The Kier molecular flexibility index (Phi) is 7.07. The number of anilines is 2. The van der Waals surface area contributed by atoms with Gasteiger partial charge in [-0.2, -0.15) is 0 Å². The largest absolute Gasteiger partial charge is 0.326 e. The Hall–Kier alpha value is -4.24. The highest BCUT2D eigenvalue weighted by atomic mass is 32.2. The van der Waals surface area contributed by atoms with Gasteiger partial charge in [-0.1, -0.05) is 30.3 Å². The summed E-state index contributed by atoms with van der Waals surface area (Å²) in [4.78, 5) is 24.2. The number of nitrogens with zero attached hydrogens (tertiary/aromatic N) is 1. The minimum atomic E-state index is -3.85. The van der Waals surface area contributed by atoms with E-state index in [4.69, 9.17) is 0 Å². The zero-order valence-corrected chi connectivity index (χ0v) is 19.3. The predicted octanol–water partition coefficient (Wildman–Crippen LogP) is 4.02. The summed E-state index contributed by atoms with van der Waals surface area (Å²) in [6.07, 6.45) is 1.82. The van der Waals surface area contributed by atoms with Gasteiger partial charge in [0.15, 0.2) is 0 Å². The molecule has 0 aliphatic rings. The summed E-state index contributed by atoms with van der Waals surface area (Å²) in [5, 5.41) is 2.82. The molecule has 4 rings (SSSR count). The molecule has 1 amide bonds. The van der Waals surface area contributed by atoms with Crippen LogP contribution in [0.25, 0.3) is 0 Å². The van der Waals surface area contributed by atoms with Crippen molar-refractivity contribution < 1.29 is 17.6 Å². The van der Waals surface area contributed by atoms with Gasteiger partial charge in [0, 0.05) is 23.6 Å². The van der Waals surface area contributed by atoms with Gasteiger partial charge in [-0.3, -0.25) is 14.3 Å².